The summed E-state index contributed by atoms with van der Waals surface area (Å²) in [4.78, 5) is 0. The van der Waals surface area contributed by atoms with Crippen molar-refractivity contribution < 1.29 is 4.74 Å². The fourth-order valence-corrected chi connectivity index (χ4v) is 1.76. The molecule has 0 N–H and O–H groups in total. The largest absolute Gasteiger partial charge is 0.378 e. The summed E-state index contributed by atoms with van der Waals surface area (Å²) in [7, 11) is 0. The van der Waals surface area contributed by atoms with E-state index in [1.54, 1.807) is 0 Å². The Morgan fingerprint density at radius 3 is 2.69 bits per heavy atom. The normalized spacial score (nSPS) is 26.0. The highest BCUT2D eigenvalue weighted by atomic mass is 35.5. The van der Waals surface area contributed by atoms with Gasteiger partial charge >= 0.3 is 0 Å². The highest BCUT2D eigenvalue weighted by Crippen LogP contribution is 2.43. The van der Waals surface area contributed by atoms with E-state index in [-0.39, 0.29) is 0 Å². The van der Waals surface area contributed by atoms with Crippen LogP contribution in [0, 0.1) is 0 Å². The lowest BCUT2D eigenvalue weighted by Gasteiger charge is -2.00. The molecule has 1 nitrogen and oxygen atoms in total. The van der Waals surface area contributed by atoms with Gasteiger partial charge in [0.1, 0.15) is 0 Å². The standard InChI is InChI=1S/C11H13ClO/c1-2-13-11-7-10(11)8-3-5-9(12)6-4-8/h3-6,10-11H,2,7H2,1H3/t10-,11-/m0/s1. The van der Waals surface area contributed by atoms with Gasteiger partial charge in [-0.2, -0.15) is 0 Å². The Kier molecular flexibility index (Phi) is 2.56. The van der Waals surface area contributed by atoms with Crippen LogP contribution in [0.2, 0.25) is 5.02 Å². The average Bonchev–Trinajstić information content (AvgIpc) is 2.86. The van der Waals surface area contributed by atoms with E-state index in [0.717, 1.165) is 18.1 Å². The molecule has 70 valence electrons. The van der Waals surface area contributed by atoms with Gasteiger partial charge in [0.15, 0.2) is 0 Å². The first-order valence-corrected chi connectivity index (χ1v) is 5.06. The monoisotopic (exact) mass is 196 g/mol. The van der Waals surface area contributed by atoms with Crippen LogP contribution in [0.25, 0.3) is 0 Å². The van der Waals surface area contributed by atoms with Crippen molar-refractivity contribution in [3.63, 3.8) is 0 Å². The van der Waals surface area contributed by atoms with Gasteiger partial charge in [0.25, 0.3) is 0 Å². The zero-order valence-corrected chi connectivity index (χ0v) is 8.42. The van der Waals surface area contributed by atoms with Crippen molar-refractivity contribution in [2.24, 2.45) is 0 Å². The SMILES string of the molecule is CCO[C@H]1C[C@H]1c1ccc(Cl)cc1. The lowest BCUT2D eigenvalue weighted by atomic mass is 10.1. The van der Waals surface area contributed by atoms with E-state index < -0.39 is 0 Å². The first-order valence-electron chi connectivity index (χ1n) is 4.68. The second-order valence-corrected chi connectivity index (χ2v) is 3.82. The fourth-order valence-electron chi connectivity index (χ4n) is 1.63. The Morgan fingerprint density at radius 2 is 2.08 bits per heavy atom. The lowest BCUT2D eigenvalue weighted by Crippen LogP contribution is -1.95. The second-order valence-electron chi connectivity index (χ2n) is 3.39. The van der Waals surface area contributed by atoms with Crippen molar-refractivity contribution in [1.29, 1.82) is 0 Å². The van der Waals surface area contributed by atoms with Crippen molar-refractivity contribution in [1.82, 2.24) is 0 Å². The van der Waals surface area contributed by atoms with Gasteiger partial charge in [0.2, 0.25) is 0 Å². The van der Waals surface area contributed by atoms with E-state index >= 15 is 0 Å². The number of hydrogen-bond donors (Lipinski definition) is 0. The Hall–Kier alpha value is -0.530. The van der Waals surface area contributed by atoms with Gasteiger partial charge in [-0.05, 0) is 31.0 Å². The molecule has 2 rings (SSSR count). The van der Waals surface area contributed by atoms with Crippen molar-refractivity contribution >= 4 is 11.6 Å². The van der Waals surface area contributed by atoms with Crippen LogP contribution in [-0.2, 0) is 4.74 Å². The Labute approximate surface area is 83.7 Å². The molecule has 0 amide bonds. The smallest absolute Gasteiger partial charge is 0.0651 e. The Balaban J connectivity index is 2.00. The molecule has 0 aliphatic heterocycles. The minimum absolute atomic E-state index is 0.450. The molecule has 2 heteroatoms. The lowest BCUT2D eigenvalue weighted by molar-refractivity contribution is 0.128. The maximum atomic E-state index is 5.80. The molecule has 1 aliphatic rings. The van der Waals surface area contributed by atoms with E-state index in [1.807, 2.05) is 19.1 Å². The van der Waals surface area contributed by atoms with Crippen LogP contribution < -0.4 is 0 Å². The predicted molar refractivity (Wildman–Crippen MR) is 54.2 cm³/mol. The van der Waals surface area contributed by atoms with Crippen LogP contribution in [-0.4, -0.2) is 12.7 Å². The molecule has 0 spiro atoms. The molecule has 1 fully saturated rings. The van der Waals surface area contributed by atoms with Gasteiger partial charge in [-0.3, -0.25) is 0 Å². The van der Waals surface area contributed by atoms with Crippen molar-refractivity contribution in [3.05, 3.63) is 34.9 Å². The summed E-state index contributed by atoms with van der Waals surface area (Å²) in [5, 5.41) is 0.803. The summed E-state index contributed by atoms with van der Waals surface area (Å²) in [6.07, 6.45) is 1.61. The first-order chi connectivity index (χ1) is 6.31. The maximum Gasteiger partial charge on any atom is 0.0651 e. The predicted octanol–water partition coefficient (Wildman–Crippen LogP) is 3.23. The molecule has 1 aromatic carbocycles. The number of halogens is 1. The van der Waals surface area contributed by atoms with Crippen LogP contribution in [0.3, 0.4) is 0 Å². The minimum atomic E-state index is 0.450. The number of hydrogen-bond acceptors (Lipinski definition) is 1. The van der Waals surface area contributed by atoms with Gasteiger partial charge < -0.3 is 4.74 Å². The minimum Gasteiger partial charge on any atom is -0.378 e. The quantitative estimate of drug-likeness (QED) is 0.721. The molecule has 2 atom stereocenters. The van der Waals surface area contributed by atoms with Crippen LogP contribution in [0.15, 0.2) is 24.3 Å². The molecule has 0 radical (unpaired) electrons. The van der Waals surface area contributed by atoms with Gasteiger partial charge in [0.05, 0.1) is 6.10 Å². The molecule has 1 aromatic rings. The summed E-state index contributed by atoms with van der Waals surface area (Å²) < 4.78 is 5.52. The summed E-state index contributed by atoms with van der Waals surface area (Å²) in [5.41, 5.74) is 1.35. The summed E-state index contributed by atoms with van der Waals surface area (Å²) in [6, 6.07) is 8.06. The van der Waals surface area contributed by atoms with Crippen molar-refractivity contribution in [3.8, 4) is 0 Å². The fraction of sp³-hybridized carbons (Fsp3) is 0.455. The van der Waals surface area contributed by atoms with Gasteiger partial charge in [-0.25, -0.2) is 0 Å². The number of ether oxygens (including phenoxy) is 1. The topological polar surface area (TPSA) is 9.23 Å². The number of rotatable bonds is 3. The molecule has 0 bridgehead atoms. The first kappa shape index (κ1) is 9.04. The van der Waals surface area contributed by atoms with E-state index in [0.29, 0.717) is 12.0 Å². The van der Waals surface area contributed by atoms with E-state index in [9.17, 15) is 0 Å². The van der Waals surface area contributed by atoms with E-state index in [1.165, 1.54) is 5.56 Å². The van der Waals surface area contributed by atoms with Crippen molar-refractivity contribution in [2.45, 2.75) is 25.4 Å². The molecule has 0 aromatic heterocycles. The molecular formula is C11H13ClO. The molecule has 0 unspecified atom stereocenters. The Morgan fingerprint density at radius 1 is 1.38 bits per heavy atom. The molecule has 13 heavy (non-hydrogen) atoms. The van der Waals surface area contributed by atoms with Gasteiger partial charge in [-0.1, -0.05) is 23.7 Å². The third-order valence-electron chi connectivity index (χ3n) is 2.41. The van der Waals surface area contributed by atoms with Crippen LogP contribution in [0.5, 0.6) is 0 Å². The van der Waals surface area contributed by atoms with E-state index in [4.69, 9.17) is 16.3 Å². The molecular weight excluding hydrogens is 184 g/mol. The van der Waals surface area contributed by atoms with E-state index in [2.05, 4.69) is 12.1 Å². The van der Waals surface area contributed by atoms with Crippen molar-refractivity contribution in [2.75, 3.05) is 6.61 Å². The van der Waals surface area contributed by atoms with Gasteiger partial charge in [0, 0.05) is 17.5 Å². The molecule has 1 aliphatic carbocycles. The molecule has 0 saturated heterocycles. The number of benzene rings is 1. The third kappa shape index (κ3) is 2.04. The summed E-state index contributed by atoms with van der Waals surface area (Å²) in [6.45, 7) is 2.85. The maximum absolute atomic E-state index is 5.80. The third-order valence-corrected chi connectivity index (χ3v) is 2.66. The summed E-state index contributed by atoms with van der Waals surface area (Å²) >= 11 is 5.80. The van der Waals surface area contributed by atoms with Crippen LogP contribution in [0.1, 0.15) is 24.8 Å². The highest BCUT2D eigenvalue weighted by Gasteiger charge is 2.38. The van der Waals surface area contributed by atoms with Crippen LogP contribution in [0.4, 0.5) is 0 Å². The molecule has 1 saturated carbocycles. The summed E-state index contributed by atoms with van der Waals surface area (Å²) in [5.74, 6) is 0.609. The highest BCUT2D eigenvalue weighted by molar-refractivity contribution is 6.30. The zero-order valence-electron chi connectivity index (χ0n) is 7.66. The zero-order chi connectivity index (χ0) is 9.26. The average molecular weight is 197 g/mol. The second kappa shape index (κ2) is 3.69. The van der Waals surface area contributed by atoms with Gasteiger partial charge in [-0.15, -0.1) is 0 Å². The Bertz CT molecular complexity index is 281. The molecule has 0 heterocycles. The van der Waals surface area contributed by atoms with Crippen LogP contribution >= 0.6 is 11.6 Å².